The predicted octanol–water partition coefficient (Wildman–Crippen LogP) is 4.72. The van der Waals surface area contributed by atoms with Crippen LogP contribution in [0.25, 0.3) is 0 Å². The topological polar surface area (TPSA) is 122 Å². The summed E-state index contributed by atoms with van der Waals surface area (Å²) in [7, 11) is 0. The minimum Gasteiger partial charge on any atom is -0.623 e. The quantitative estimate of drug-likeness (QED) is 0.0498. The van der Waals surface area contributed by atoms with Crippen LogP contribution >= 0.6 is 0 Å². The summed E-state index contributed by atoms with van der Waals surface area (Å²) >= 11 is 0. The van der Waals surface area contributed by atoms with Gasteiger partial charge in [0.25, 0.3) is 5.69 Å². The average molecular weight is 507 g/mol. The molecule has 0 aromatic heterocycles. The highest BCUT2D eigenvalue weighted by Crippen LogP contribution is 2.31. The monoisotopic (exact) mass is 506 g/mol. The number of carbonyl (C=O) groups excluding carboxylic acids is 2. The highest BCUT2D eigenvalue weighted by atomic mass is 16.6. The molecule has 0 bridgehead atoms. The molecule has 2 rings (SSSR count). The van der Waals surface area contributed by atoms with Crippen LogP contribution in [0.5, 0.6) is 0 Å². The third-order valence-electron chi connectivity index (χ3n) is 5.63. The lowest BCUT2D eigenvalue weighted by Gasteiger charge is -2.26. The zero-order chi connectivity index (χ0) is 27.4. The van der Waals surface area contributed by atoms with Crippen molar-refractivity contribution < 1.29 is 28.7 Å². The second-order valence-electron chi connectivity index (χ2n) is 8.10. The Kier molecular flexibility index (Phi) is 10.6. The molecule has 0 N–H and O–H groups in total. The van der Waals surface area contributed by atoms with Crippen LogP contribution in [0.3, 0.4) is 0 Å². The highest BCUT2D eigenvalue weighted by Gasteiger charge is 2.47. The number of non-ortho nitro benzene ring substituents is 1. The third kappa shape index (κ3) is 7.27. The minimum atomic E-state index is -1.64. The van der Waals surface area contributed by atoms with Gasteiger partial charge in [-0.1, -0.05) is 30.0 Å². The number of hydroxylamine groups is 1. The van der Waals surface area contributed by atoms with E-state index in [0.29, 0.717) is 16.7 Å². The van der Waals surface area contributed by atoms with Gasteiger partial charge < -0.3 is 14.7 Å². The summed E-state index contributed by atoms with van der Waals surface area (Å²) < 4.78 is 11.0. The average Bonchev–Trinajstić information content (AvgIpc) is 2.88. The van der Waals surface area contributed by atoms with E-state index in [4.69, 9.17) is 9.47 Å². The Morgan fingerprint density at radius 3 is 2.19 bits per heavy atom. The number of nitrogens with zero attached hydrogens (tertiary/aromatic N) is 2. The van der Waals surface area contributed by atoms with Gasteiger partial charge in [-0.25, -0.2) is 4.74 Å². The van der Waals surface area contributed by atoms with Crippen LogP contribution in [0.15, 0.2) is 61.2 Å². The van der Waals surface area contributed by atoms with Crippen molar-refractivity contribution in [1.29, 1.82) is 0 Å². The Labute approximate surface area is 216 Å². The number of ether oxygens (including phenoxy) is 2. The van der Waals surface area contributed by atoms with E-state index in [-0.39, 0.29) is 31.7 Å². The Hall–Kier alpha value is -4.45. The molecule has 9 nitrogen and oxygen atoms in total. The molecule has 1 atom stereocenters. The molecule has 1 unspecified atom stereocenters. The van der Waals surface area contributed by atoms with Gasteiger partial charge in [0.1, 0.15) is 0 Å². The molecule has 0 saturated heterocycles. The van der Waals surface area contributed by atoms with Gasteiger partial charge in [0, 0.05) is 36.6 Å². The van der Waals surface area contributed by atoms with Gasteiger partial charge in [0.15, 0.2) is 17.7 Å². The molecule has 9 heteroatoms. The van der Waals surface area contributed by atoms with Gasteiger partial charge in [-0.2, -0.15) is 0 Å². The summed E-state index contributed by atoms with van der Waals surface area (Å²) in [6, 6.07) is 12.1. The summed E-state index contributed by atoms with van der Waals surface area (Å²) in [5.74, 6) is 4.38. The summed E-state index contributed by atoms with van der Waals surface area (Å²) in [5.41, 5.74) is -0.0523. The molecule has 194 valence electrons. The van der Waals surface area contributed by atoms with Crippen LogP contribution in [0.1, 0.15) is 56.3 Å². The van der Waals surface area contributed by atoms with E-state index in [1.54, 1.807) is 45.0 Å². The first-order valence-electron chi connectivity index (χ1n) is 11.8. The van der Waals surface area contributed by atoms with E-state index >= 15 is 0 Å². The van der Waals surface area contributed by atoms with E-state index < -0.39 is 28.3 Å². The fraction of sp³-hybridized carbons (Fsp3) is 0.321. The normalized spacial score (nSPS) is 12.0. The second-order valence-corrected chi connectivity index (χ2v) is 8.10. The van der Waals surface area contributed by atoms with E-state index in [1.807, 2.05) is 0 Å². The molecule has 0 spiro atoms. The lowest BCUT2D eigenvalue weighted by molar-refractivity contribution is -0.498. The highest BCUT2D eigenvalue weighted by molar-refractivity contribution is 6.00. The van der Waals surface area contributed by atoms with Crippen molar-refractivity contribution in [3.8, 4) is 11.8 Å². The fourth-order valence-corrected chi connectivity index (χ4v) is 3.54. The number of nitro benzene ring substituents is 1. The number of esters is 2. The third-order valence-corrected chi connectivity index (χ3v) is 5.63. The number of allylic oxidation sites excluding steroid dienone is 1. The van der Waals surface area contributed by atoms with Gasteiger partial charge in [0.05, 0.1) is 23.7 Å². The zero-order valence-corrected chi connectivity index (χ0v) is 21.1. The maximum atomic E-state index is 12.9. The van der Waals surface area contributed by atoms with Crippen LogP contribution < -0.4 is 0 Å². The summed E-state index contributed by atoms with van der Waals surface area (Å²) in [6.45, 7) is 8.81. The van der Waals surface area contributed by atoms with Crippen molar-refractivity contribution in [3.05, 3.63) is 93.2 Å². The van der Waals surface area contributed by atoms with Gasteiger partial charge in [-0.05, 0) is 44.5 Å². The molecular weight excluding hydrogens is 476 g/mol. The fourth-order valence-electron chi connectivity index (χ4n) is 3.54. The van der Waals surface area contributed by atoms with E-state index in [1.165, 1.54) is 36.6 Å². The molecule has 0 aliphatic rings. The van der Waals surface area contributed by atoms with Crippen molar-refractivity contribution in [2.75, 3.05) is 13.2 Å². The minimum absolute atomic E-state index is 0.00575. The molecule has 0 saturated carbocycles. The lowest BCUT2D eigenvalue weighted by atomic mass is 9.81. The first-order chi connectivity index (χ1) is 17.7. The van der Waals surface area contributed by atoms with E-state index in [0.717, 1.165) is 4.74 Å². The van der Waals surface area contributed by atoms with Gasteiger partial charge in [-0.3, -0.25) is 19.7 Å². The van der Waals surface area contributed by atoms with E-state index in [2.05, 4.69) is 18.4 Å². The summed E-state index contributed by atoms with van der Waals surface area (Å²) in [5, 5.41) is 23.7. The molecule has 2 aromatic rings. The molecule has 37 heavy (non-hydrogen) atoms. The first-order valence-corrected chi connectivity index (χ1v) is 11.8. The largest absolute Gasteiger partial charge is 0.623 e. The molecular formula is C28H30N2O7. The standard InChI is InChI=1S/C28H30N2O7/c1-5-18-28(26(31)36-6-2,27(32)37-7-3)19-10-13-23-11-8-9-12-24(23)20-29(33)21(4)22-14-16-25(17-15-22)30(34)35/h5,8-9,11-12,14-17,20-21H,1,6-7,18-19H2,2-4H3/b29-20-. The SMILES string of the molecule is C=CCC(CC#Cc1ccccc1/C=[N+](\[O-])C(C)c1ccc([N+](=O)[O-])cc1)(C(=O)OCC)C(=O)OCC. The van der Waals surface area contributed by atoms with Crippen LogP contribution in [0.2, 0.25) is 0 Å². The van der Waals surface area contributed by atoms with Crippen LogP contribution in [-0.2, 0) is 19.1 Å². The van der Waals surface area contributed by atoms with Gasteiger partial charge >= 0.3 is 11.9 Å². The smallest absolute Gasteiger partial charge is 0.324 e. The lowest BCUT2D eigenvalue weighted by Crippen LogP contribution is -2.41. The predicted molar refractivity (Wildman–Crippen MR) is 139 cm³/mol. The molecule has 0 heterocycles. The molecule has 2 aromatic carbocycles. The number of carbonyl (C=O) groups is 2. The molecule has 0 aliphatic heterocycles. The number of hydrogen-bond acceptors (Lipinski definition) is 7. The van der Waals surface area contributed by atoms with Crippen LogP contribution in [0, 0.1) is 32.6 Å². The van der Waals surface area contributed by atoms with Crippen molar-refractivity contribution in [2.45, 2.75) is 39.7 Å². The number of hydrogen-bond donors (Lipinski definition) is 0. The first kappa shape index (κ1) is 28.8. The maximum absolute atomic E-state index is 12.9. The van der Waals surface area contributed by atoms with E-state index in [9.17, 15) is 24.9 Å². The number of rotatable bonds is 11. The Morgan fingerprint density at radius 2 is 1.65 bits per heavy atom. The van der Waals surface area contributed by atoms with Gasteiger partial charge in [0.2, 0.25) is 0 Å². The summed E-state index contributed by atoms with van der Waals surface area (Å²) in [6.07, 6.45) is 2.66. The zero-order valence-electron chi connectivity index (χ0n) is 21.1. The van der Waals surface area contributed by atoms with Crippen molar-refractivity contribution >= 4 is 23.8 Å². The Bertz CT molecular complexity index is 1210. The molecule has 0 amide bonds. The van der Waals surface area contributed by atoms with Crippen molar-refractivity contribution in [1.82, 2.24) is 0 Å². The Balaban J connectivity index is 2.37. The number of nitro groups is 1. The van der Waals surface area contributed by atoms with Crippen LogP contribution in [-0.4, -0.2) is 41.0 Å². The van der Waals surface area contributed by atoms with Crippen molar-refractivity contribution in [2.24, 2.45) is 5.41 Å². The Morgan fingerprint density at radius 1 is 1.05 bits per heavy atom. The molecule has 0 aliphatic carbocycles. The number of benzene rings is 2. The van der Waals surface area contributed by atoms with Crippen LogP contribution in [0.4, 0.5) is 5.69 Å². The maximum Gasteiger partial charge on any atom is 0.324 e. The van der Waals surface area contributed by atoms with Crippen molar-refractivity contribution in [3.63, 3.8) is 0 Å². The van der Waals surface area contributed by atoms with Gasteiger partial charge in [-0.15, -0.1) is 6.58 Å². The summed E-state index contributed by atoms with van der Waals surface area (Å²) in [4.78, 5) is 35.9. The second kappa shape index (κ2) is 13.6. The molecule has 0 radical (unpaired) electrons. The molecule has 0 fully saturated rings.